The number of hydrogen-bond acceptors (Lipinski definition) is 4. The summed E-state index contributed by atoms with van der Waals surface area (Å²) >= 11 is 7.40. The molecule has 7 heteroatoms. The number of nitrogens with one attached hydrogen (secondary N) is 1. The van der Waals surface area contributed by atoms with Crippen LogP contribution in [0, 0.1) is 6.92 Å². The van der Waals surface area contributed by atoms with Crippen LogP contribution >= 0.6 is 23.4 Å². The van der Waals surface area contributed by atoms with Crippen molar-refractivity contribution in [2.75, 3.05) is 5.75 Å². The lowest BCUT2D eigenvalue weighted by atomic mass is 9.99. The molecule has 1 unspecified atom stereocenters. The van der Waals surface area contributed by atoms with E-state index in [1.807, 2.05) is 90.4 Å². The van der Waals surface area contributed by atoms with Crippen LogP contribution in [0.1, 0.15) is 22.7 Å². The van der Waals surface area contributed by atoms with Crippen molar-refractivity contribution in [2.45, 2.75) is 18.1 Å². The molecule has 0 aliphatic heterocycles. The van der Waals surface area contributed by atoms with Gasteiger partial charge in [-0.2, -0.15) is 0 Å². The number of thioether (sulfide) groups is 1. The van der Waals surface area contributed by atoms with Crippen molar-refractivity contribution in [1.29, 1.82) is 0 Å². The van der Waals surface area contributed by atoms with E-state index in [9.17, 15) is 4.79 Å². The van der Waals surface area contributed by atoms with Crippen LogP contribution in [0.3, 0.4) is 0 Å². The Labute approximate surface area is 190 Å². The summed E-state index contributed by atoms with van der Waals surface area (Å²) in [5.74, 6) is 0.134. The molecule has 1 atom stereocenters. The molecule has 1 N–H and O–H groups in total. The smallest absolute Gasteiger partial charge is 0.231 e. The number of rotatable bonds is 7. The van der Waals surface area contributed by atoms with E-state index in [1.165, 1.54) is 11.8 Å². The number of halogens is 1. The fourth-order valence-electron chi connectivity index (χ4n) is 3.31. The quantitative estimate of drug-likeness (QED) is 0.393. The number of hydrogen-bond donors (Lipinski definition) is 1. The summed E-state index contributed by atoms with van der Waals surface area (Å²) in [6, 6.07) is 25.2. The van der Waals surface area contributed by atoms with Crippen LogP contribution in [0.25, 0.3) is 5.69 Å². The Morgan fingerprint density at radius 1 is 1.00 bits per heavy atom. The molecule has 0 fully saturated rings. The highest BCUT2D eigenvalue weighted by Crippen LogP contribution is 2.25. The maximum Gasteiger partial charge on any atom is 0.231 e. The minimum absolute atomic E-state index is 0.0897. The zero-order valence-corrected chi connectivity index (χ0v) is 18.5. The Morgan fingerprint density at radius 2 is 1.68 bits per heavy atom. The molecule has 0 bridgehead atoms. The molecule has 0 aliphatic rings. The maximum absolute atomic E-state index is 12.9. The van der Waals surface area contributed by atoms with Gasteiger partial charge in [-0.3, -0.25) is 9.36 Å². The lowest BCUT2D eigenvalue weighted by Gasteiger charge is -2.20. The summed E-state index contributed by atoms with van der Waals surface area (Å²) in [6.07, 6.45) is 1.67. The van der Waals surface area contributed by atoms with Gasteiger partial charge in [0.1, 0.15) is 6.33 Å². The molecule has 1 amide bonds. The standard InChI is InChI=1S/C24H21ClN4OS/c1-17-7-5-6-10-21(17)29-16-26-28-24(29)31-15-22(30)27-23(18-8-3-2-4-9-18)19-11-13-20(25)14-12-19/h2-14,16,23H,15H2,1H3,(H,27,30). The summed E-state index contributed by atoms with van der Waals surface area (Å²) < 4.78 is 1.90. The topological polar surface area (TPSA) is 59.8 Å². The number of benzene rings is 3. The summed E-state index contributed by atoms with van der Waals surface area (Å²) in [5, 5.41) is 12.7. The van der Waals surface area contributed by atoms with Crippen LogP contribution < -0.4 is 5.32 Å². The van der Waals surface area contributed by atoms with Crippen molar-refractivity contribution in [1.82, 2.24) is 20.1 Å². The molecule has 3 aromatic carbocycles. The molecule has 0 saturated heterocycles. The lowest BCUT2D eigenvalue weighted by Crippen LogP contribution is -2.30. The Hall–Kier alpha value is -3.09. The molecule has 0 spiro atoms. The van der Waals surface area contributed by atoms with Crippen molar-refractivity contribution in [3.05, 3.63) is 107 Å². The first-order valence-electron chi connectivity index (χ1n) is 9.80. The van der Waals surface area contributed by atoms with E-state index in [4.69, 9.17) is 11.6 Å². The lowest BCUT2D eigenvalue weighted by molar-refractivity contribution is -0.119. The number of carbonyl (C=O) groups excluding carboxylic acids is 1. The van der Waals surface area contributed by atoms with Gasteiger partial charge in [0, 0.05) is 5.02 Å². The van der Waals surface area contributed by atoms with Gasteiger partial charge < -0.3 is 5.32 Å². The molecule has 0 aliphatic carbocycles. The third kappa shape index (κ3) is 5.16. The van der Waals surface area contributed by atoms with Crippen LogP contribution in [0.2, 0.25) is 5.02 Å². The Bertz CT molecular complexity index is 1160. The summed E-state index contributed by atoms with van der Waals surface area (Å²) in [7, 11) is 0. The highest BCUT2D eigenvalue weighted by molar-refractivity contribution is 7.99. The second kappa shape index (κ2) is 9.81. The van der Waals surface area contributed by atoms with Gasteiger partial charge in [-0.05, 0) is 41.8 Å². The van der Waals surface area contributed by atoms with E-state index in [1.54, 1.807) is 6.33 Å². The molecule has 5 nitrogen and oxygen atoms in total. The van der Waals surface area contributed by atoms with Crippen LogP contribution in [0.15, 0.2) is 90.3 Å². The fraction of sp³-hybridized carbons (Fsp3) is 0.125. The van der Waals surface area contributed by atoms with E-state index < -0.39 is 0 Å². The molecular formula is C24H21ClN4OS. The van der Waals surface area contributed by atoms with Crippen molar-refractivity contribution >= 4 is 29.3 Å². The molecule has 156 valence electrons. The fourth-order valence-corrected chi connectivity index (χ4v) is 4.17. The monoisotopic (exact) mass is 448 g/mol. The van der Waals surface area contributed by atoms with Gasteiger partial charge in [0.2, 0.25) is 5.91 Å². The minimum atomic E-state index is -0.263. The molecule has 31 heavy (non-hydrogen) atoms. The van der Waals surface area contributed by atoms with Crippen LogP contribution in [-0.4, -0.2) is 26.4 Å². The summed E-state index contributed by atoms with van der Waals surface area (Å²) in [4.78, 5) is 12.9. The van der Waals surface area contributed by atoms with E-state index in [0.717, 1.165) is 22.4 Å². The second-order valence-corrected chi connectivity index (χ2v) is 8.40. The third-order valence-electron chi connectivity index (χ3n) is 4.87. The van der Waals surface area contributed by atoms with Gasteiger partial charge >= 0.3 is 0 Å². The van der Waals surface area contributed by atoms with Gasteiger partial charge in [-0.1, -0.05) is 84.0 Å². The number of carbonyl (C=O) groups is 1. The van der Waals surface area contributed by atoms with Gasteiger partial charge in [-0.25, -0.2) is 0 Å². The summed E-state index contributed by atoms with van der Waals surface area (Å²) in [5.41, 5.74) is 4.09. The Kier molecular flexibility index (Phi) is 6.70. The Morgan fingerprint density at radius 3 is 2.42 bits per heavy atom. The van der Waals surface area contributed by atoms with Crippen molar-refractivity contribution in [2.24, 2.45) is 0 Å². The molecule has 1 aromatic heterocycles. The highest BCUT2D eigenvalue weighted by atomic mass is 35.5. The predicted octanol–water partition coefficient (Wildman–Crippen LogP) is 5.23. The second-order valence-electron chi connectivity index (χ2n) is 7.02. The molecular weight excluding hydrogens is 428 g/mol. The zero-order chi connectivity index (χ0) is 21.6. The van der Waals surface area contributed by atoms with Crippen LogP contribution in [0.5, 0.6) is 0 Å². The number of aromatic nitrogens is 3. The third-order valence-corrected chi connectivity index (χ3v) is 6.06. The largest absolute Gasteiger partial charge is 0.344 e. The minimum Gasteiger partial charge on any atom is -0.344 e. The van der Waals surface area contributed by atoms with E-state index in [-0.39, 0.29) is 17.7 Å². The predicted molar refractivity (Wildman–Crippen MR) is 125 cm³/mol. The first-order chi connectivity index (χ1) is 15.1. The van der Waals surface area contributed by atoms with E-state index in [2.05, 4.69) is 15.5 Å². The van der Waals surface area contributed by atoms with Gasteiger partial charge in [0.15, 0.2) is 5.16 Å². The number of amides is 1. The molecule has 4 rings (SSSR count). The van der Waals surface area contributed by atoms with E-state index >= 15 is 0 Å². The SMILES string of the molecule is Cc1ccccc1-n1cnnc1SCC(=O)NC(c1ccccc1)c1ccc(Cl)cc1. The highest BCUT2D eigenvalue weighted by Gasteiger charge is 2.18. The molecule has 0 radical (unpaired) electrons. The average Bonchev–Trinajstić information content (AvgIpc) is 3.26. The summed E-state index contributed by atoms with van der Waals surface area (Å²) in [6.45, 7) is 2.03. The van der Waals surface area contributed by atoms with Crippen molar-refractivity contribution in [3.8, 4) is 5.69 Å². The zero-order valence-electron chi connectivity index (χ0n) is 16.9. The first kappa shape index (κ1) is 21.2. The first-order valence-corrected chi connectivity index (χ1v) is 11.2. The number of nitrogens with zero attached hydrogens (tertiary/aromatic N) is 3. The van der Waals surface area contributed by atoms with Crippen LogP contribution in [-0.2, 0) is 4.79 Å². The van der Waals surface area contributed by atoms with Gasteiger partial charge in [-0.15, -0.1) is 10.2 Å². The van der Waals surface area contributed by atoms with Crippen molar-refractivity contribution in [3.63, 3.8) is 0 Å². The normalized spacial score (nSPS) is 11.8. The van der Waals surface area contributed by atoms with Crippen molar-refractivity contribution < 1.29 is 4.79 Å². The molecule has 0 saturated carbocycles. The van der Waals surface area contributed by atoms with Gasteiger partial charge in [0.25, 0.3) is 0 Å². The molecule has 1 heterocycles. The number of aryl methyl sites for hydroxylation is 1. The number of para-hydroxylation sites is 1. The Balaban J connectivity index is 1.49. The maximum atomic E-state index is 12.9. The molecule has 4 aromatic rings. The van der Waals surface area contributed by atoms with E-state index in [0.29, 0.717) is 10.2 Å². The average molecular weight is 449 g/mol. The van der Waals surface area contributed by atoms with Crippen LogP contribution in [0.4, 0.5) is 0 Å². The van der Waals surface area contributed by atoms with Gasteiger partial charge in [0.05, 0.1) is 17.5 Å².